The Balaban J connectivity index is 2.44. The van der Waals surface area contributed by atoms with Gasteiger partial charge in [-0.05, 0) is 38.5 Å². The van der Waals surface area contributed by atoms with Crippen LogP contribution in [0.4, 0.5) is 4.79 Å². The van der Waals surface area contributed by atoms with Gasteiger partial charge in [-0.1, -0.05) is 13.8 Å². The van der Waals surface area contributed by atoms with Gasteiger partial charge in [0.15, 0.2) is 5.78 Å². The Kier molecular flexibility index (Phi) is 12.4. The van der Waals surface area contributed by atoms with Gasteiger partial charge in [0, 0.05) is 32.2 Å². The average Bonchev–Trinajstić information content (AvgIpc) is 3.08. The Bertz CT molecular complexity index is 813. The van der Waals surface area contributed by atoms with E-state index in [1.807, 2.05) is 0 Å². The van der Waals surface area contributed by atoms with Crippen molar-refractivity contribution in [1.29, 1.82) is 0 Å². The van der Waals surface area contributed by atoms with E-state index in [-0.39, 0.29) is 50.4 Å². The fourth-order valence-corrected chi connectivity index (χ4v) is 3.30. The number of hydroxylamine groups is 2. The SMILES string of the molecule is CC(=O)[C@H](CCCNC(N)=O)NC(=O)[C@@H](NC(=O)CCCCC(=O)ON1C(=O)CCC1=O)C(C)C. The predicted octanol–water partition coefficient (Wildman–Crippen LogP) is -0.183. The van der Waals surface area contributed by atoms with Crippen molar-refractivity contribution in [3.8, 4) is 0 Å². The lowest BCUT2D eigenvalue weighted by Gasteiger charge is -2.24. The lowest BCUT2D eigenvalue weighted by molar-refractivity contribution is -0.197. The zero-order valence-corrected chi connectivity index (χ0v) is 20.4. The van der Waals surface area contributed by atoms with Crippen LogP contribution in [-0.4, -0.2) is 65.1 Å². The normalized spacial score (nSPS) is 14.9. The summed E-state index contributed by atoms with van der Waals surface area (Å²) in [6, 6.07) is -2.31. The smallest absolute Gasteiger partial charge is 0.333 e. The Morgan fingerprint density at radius 2 is 1.57 bits per heavy atom. The van der Waals surface area contributed by atoms with E-state index in [4.69, 9.17) is 10.6 Å². The van der Waals surface area contributed by atoms with E-state index in [1.165, 1.54) is 6.92 Å². The Hall–Kier alpha value is -3.51. The summed E-state index contributed by atoms with van der Waals surface area (Å²) in [6.45, 7) is 5.11. The molecule has 2 atom stereocenters. The maximum absolute atomic E-state index is 12.7. The summed E-state index contributed by atoms with van der Waals surface area (Å²) in [4.78, 5) is 87.2. The van der Waals surface area contributed by atoms with E-state index in [9.17, 15) is 33.6 Å². The molecule has 1 aliphatic rings. The number of hydrogen-bond donors (Lipinski definition) is 4. The average molecular weight is 498 g/mol. The minimum Gasteiger partial charge on any atom is -0.352 e. The second-order valence-electron chi connectivity index (χ2n) is 8.65. The van der Waals surface area contributed by atoms with Crippen LogP contribution in [0.25, 0.3) is 0 Å². The number of hydrogen-bond acceptors (Lipinski definition) is 8. The molecule has 0 bridgehead atoms. The number of unbranched alkanes of at least 4 members (excludes halogenated alkanes) is 1. The molecular weight excluding hydrogens is 462 g/mol. The van der Waals surface area contributed by atoms with Crippen molar-refractivity contribution in [1.82, 2.24) is 21.0 Å². The van der Waals surface area contributed by atoms with Gasteiger partial charge >= 0.3 is 12.0 Å². The van der Waals surface area contributed by atoms with Crippen molar-refractivity contribution >= 4 is 41.4 Å². The highest BCUT2D eigenvalue weighted by molar-refractivity contribution is 6.01. The molecular formula is C22H35N5O8. The van der Waals surface area contributed by atoms with Gasteiger partial charge in [-0.2, -0.15) is 0 Å². The molecule has 1 fully saturated rings. The molecule has 1 saturated heterocycles. The van der Waals surface area contributed by atoms with Crippen molar-refractivity contribution in [3.63, 3.8) is 0 Å². The van der Waals surface area contributed by atoms with E-state index in [0.717, 1.165) is 0 Å². The monoisotopic (exact) mass is 497 g/mol. The molecule has 0 saturated carbocycles. The summed E-state index contributed by atoms with van der Waals surface area (Å²) in [7, 11) is 0. The quantitative estimate of drug-likeness (QED) is 0.177. The lowest BCUT2D eigenvalue weighted by atomic mass is 10.0. The van der Waals surface area contributed by atoms with Crippen LogP contribution in [0.3, 0.4) is 0 Å². The number of Topliss-reactive ketones (excluding diaryl/α,β-unsaturated/α-hetero) is 1. The molecule has 0 aliphatic carbocycles. The topological polar surface area (TPSA) is 194 Å². The molecule has 1 heterocycles. The Morgan fingerprint density at radius 1 is 0.971 bits per heavy atom. The first-order valence-corrected chi connectivity index (χ1v) is 11.6. The van der Waals surface area contributed by atoms with Crippen LogP contribution in [-0.2, 0) is 33.6 Å². The fraction of sp³-hybridized carbons (Fsp3) is 0.682. The van der Waals surface area contributed by atoms with Crippen LogP contribution in [0.1, 0.15) is 72.1 Å². The third-order valence-corrected chi connectivity index (χ3v) is 5.28. The number of nitrogens with one attached hydrogen (secondary N) is 3. The van der Waals surface area contributed by atoms with E-state index in [2.05, 4.69) is 16.0 Å². The number of primary amides is 1. The summed E-state index contributed by atoms with van der Waals surface area (Å²) in [6.07, 6.45) is 1.31. The molecule has 1 rings (SSSR count). The molecule has 0 aromatic rings. The van der Waals surface area contributed by atoms with Crippen LogP contribution in [0.2, 0.25) is 0 Å². The third kappa shape index (κ3) is 11.0. The van der Waals surface area contributed by atoms with Crippen LogP contribution in [0.15, 0.2) is 0 Å². The number of amides is 6. The van der Waals surface area contributed by atoms with E-state index < -0.39 is 47.7 Å². The van der Waals surface area contributed by atoms with E-state index >= 15 is 0 Å². The van der Waals surface area contributed by atoms with E-state index in [0.29, 0.717) is 24.3 Å². The molecule has 13 nitrogen and oxygen atoms in total. The van der Waals surface area contributed by atoms with Gasteiger partial charge < -0.3 is 26.5 Å². The van der Waals surface area contributed by atoms with Gasteiger partial charge in [0.25, 0.3) is 11.8 Å². The van der Waals surface area contributed by atoms with Gasteiger partial charge in [0.2, 0.25) is 11.8 Å². The highest BCUT2D eigenvalue weighted by Crippen LogP contribution is 2.13. The molecule has 0 unspecified atom stereocenters. The van der Waals surface area contributed by atoms with E-state index in [1.54, 1.807) is 13.8 Å². The number of carbonyl (C=O) groups is 7. The van der Waals surface area contributed by atoms with Crippen molar-refractivity contribution in [2.75, 3.05) is 6.54 Å². The second-order valence-corrected chi connectivity index (χ2v) is 8.65. The van der Waals surface area contributed by atoms with Gasteiger partial charge in [-0.3, -0.25) is 24.0 Å². The minimum atomic E-state index is -0.870. The zero-order chi connectivity index (χ0) is 26.5. The molecule has 5 N–H and O–H groups in total. The van der Waals surface area contributed by atoms with Gasteiger partial charge in [-0.25, -0.2) is 9.59 Å². The molecule has 13 heteroatoms. The summed E-state index contributed by atoms with van der Waals surface area (Å²) >= 11 is 0. The number of carbonyl (C=O) groups excluding carboxylic acids is 7. The molecule has 6 amide bonds. The second kappa shape index (κ2) is 14.7. The van der Waals surface area contributed by atoms with Gasteiger partial charge in [-0.15, -0.1) is 5.06 Å². The predicted molar refractivity (Wildman–Crippen MR) is 122 cm³/mol. The molecule has 196 valence electrons. The zero-order valence-electron chi connectivity index (χ0n) is 20.4. The van der Waals surface area contributed by atoms with Crippen LogP contribution in [0.5, 0.6) is 0 Å². The van der Waals surface area contributed by atoms with Crippen molar-refractivity contribution in [2.24, 2.45) is 11.7 Å². The standard InChI is InChI=1S/C22H35N5O8/c1-13(2)20(21(33)25-15(14(3)28)7-6-12-24-22(23)34)26-16(29)8-4-5-9-19(32)35-27-17(30)10-11-18(27)31/h13,15,20H,4-12H2,1-3H3,(H,25,33)(H,26,29)(H3,23,24,34)/t15-,20-/m0/s1. The number of nitrogens with zero attached hydrogens (tertiary/aromatic N) is 1. The highest BCUT2D eigenvalue weighted by atomic mass is 16.7. The summed E-state index contributed by atoms with van der Waals surface area (Å²) in [5.41, 5.74) is 4.99. The number of rotatable bonds is 15. The number of urea groups is 1. The number of imide groups is 1. The van der Waals surface area contributed by atoms with Crippen LogP contribution in [0, 0.1) is 5.92 Å². The first kappa shape index (κ1) is 29.5. The summed E-state index contributed by atoms with van der Waals surface area (Å²) < 4.78 is 0. The van der Waals surface area contributed by atoms with Gasteiger partial charge in [0.05, 0.1) is 6.04 Å². The molecule has 1 aliphatic heterocycles. The third-order valence-electron chi connectivity index (χ3n) is 5.28. The highest BCUT2D eigenvalue weighted by Gasteiger charge is 2.32. The van der Waals surface area contributed by atoms with Crippen molar-refractivity contribution < 1.29 is 38.4 Å². The molecule has 0 radical (unpaired) electrons. The maximum Gasteiger partial charge on any atom is 0.333 e. The molecule has 35 heavy (non-hydrogen) atoms. The van der Waals surface area contributed by atoms with Crippen molar-refractivity contribution in [3.05, 3.63) is 0 Å². The minimum absolute atomic E-state index is 0.0105. The Morgan fingerprint density at radius 3 is 2.11 bits per heavy atom. The largest absolute Gasteiger partial charge is 0.352 e. The van der Waals surface area contributed by atoms with Gasteiger partial charge in [0.1, 0.15) is 6.04 Å². The number of ketones is 1. The first-order valence-electron chi connectivity index (χ1n) is 11.6. The number of nitrogens with two attached hydrogens (primary N) is 1. The summed E-state index contributed by atoms with van der Waals surface area (Å²) in [5, 5.41) is 8.18. The van der Waals surface area contributed by atoms with Crippen LogP contribution < -0.4 is 21.7 Å². The Labute approximate surface area is 203 Å². The lowest BCUT2D eigenvalue weighted by Crippen LogP contribution is -2.53. The van der Waals surface area contributed by atoms with Crippen LogP contribution >= 0.6 is 0 Å². The fourth-order valence-electron chi connectivity index (χ4n) is 3.30. The van der Waals surface area contributed by atoms with Crippen molar-refractivity contribution in [2.45, 2.75) is 84.2 Å². The maximum atomic E-state index is 12.7. The molecule has 0 aromatic carbocycles. The summed E-state index contributed by atoms with van der Waals surface area (Å²) in [5.74, 6) is -3.27. The molecule has 0 spiro atoms. The first-order chi connectivity index (χ1) is 16.4. The molecule has 0 aromatic heterocycles.